The molecule has 11 heteroatoms. The first-order valence-electron chi connectivity index (χ1n) is 11.3. The Bertz CT molecular complexity index is 952. The molecule has 0 unspecified atom stereocenters. The van der Waals surface area contributed by atoms with Gasteiger partial charge in [0.05, 0.1) is 18.8 Å². The molecule has 2 aromatic heterocycles. The van der Waals surface area contributed by atoms with Crippen molar-refractivity contribution >= 4 is 23.8 Å². The monoisotopic (exact) mass is 439 g/mol. The summed E-state index contributed by atoms with van der Waals surface area (Å²) in [5, 5.41) is 0. The van der Waals surface area contributed by atoms with Crippen molar-refractivity contribution in [2.24, 2.45) is 5.92 Å². The van der Waals surface area contributed by atoms with Crippen LogP contribution in [0.1, 0.15) is 25.7 Å². The second kappa shape index (κ2) is 8.81. The molecule has 3 fully saturated rings. The highest BCUT2D eigenvalue weighted by molar-refractivity contribution is 5.81. The molecule has 2 saturated heterocycles. The molecule has 0 aromatic carbocycles. The topological polar surface area (TPSA) is 126 Å². The Balaban J connectivity index is 1.38. The number of nitrogens with zero attached hydrogens (tertiary/aromatic N) is 8. The van der Waals surface area contributed by atoms with Crippen LogP contribution in [0.5, 0.6) is 0 Å². The Morgan fingerprint density at radius 1 is 1.03 bits per heavy atom. The standard InChI is InChI=1S/C21H29N9O2/c1-28(16-4-6-29(7-5-16)18(31)14-2-3-14)20-25-17(15-12-23-19(22)24-13-15)26-21(27-20)30-8-10-32-11-9-30/h12-14,16H,2-11H2,1H3,(H2,22,23,24). The molecule has 32 heavy (non-hydrogen) atoms. The van der Waals surface area contributed by atoms with E-state index < -0.39 is 0 Å². The normalized spacial score (nSPS) is 19.8. The SMILES string of the molecule is CN(c1nc(-c2cnc(N)nc2)nc(N2CCOCC2)n1)C1CCN(C(=O)C2CC2)CC1. The van der Waals surface area contributed by atoms with Gasteiger partial charge in [-0.25, -0.2) is 9.97 Å². The van der Waals surface area contributed by atoms with E-state index in [9.17, 15) is 4.79 Å². The van der Waals surface area contributed by atoms with Gasteiger partial charge in [-0.15, -0.1) is 0 Å². The molecule has 4 heterocycles. The van der Waals surface area contributed by atoms with E-state index in [0.29, 0.717) is 42.4 Å². The third-order valence-corrected chi connectivity index (χ3v) is 6.40. The number of nitrogens with two attached hydrogens (primary N) is 1. The Kier molecular flexibility index (Phi) is 5.73. The Labute approximate surface area is 187 Å². The summed E-state index contributed by atoms with van der Waals surface area (Å²) < 4.78 is 5.48. The number of piperidine rings is 1. The van der Waals surface area contributed by atoms with Crippen molar-refractivity contribution in [1.29, 1.82) is 0 Å². The number of carbonyl (C=O) groups is 1. The molecule has 0 atom stereocenters. The highest BCUT2D eigenvalue weighted by Gasteiger charge is 2.35. The molecule has 3 aliphatic rings. The van der Waals surface area contributed by atoms with E-state index in [1.54, 1.807) is 12.4 Å². The van der Waals surface area contributed by atoms with Gasteiger partial charge in [0.1, 0.15) is 0 Å². The zero-order valence-corrected chi connectivity index (χ0v) is 18.4. The van der Waals surface area contributed by atoms with Crippen molar-refractivity contribution in [2.75, 3.05) is 62.0 Å². The molecule has 2 N–H and O–H groups in total. The Hall–Kier alpha value is -3.08. The summed E-state index contributed by atoms with van der Waals surface area (Å²) in [5.41, 5.74) is 6.34. The minimum Gasteiger partial charge on any atom is -0.378 e. The molecular weight excluding hydrogens is 410 g/mol. The number of ether oxygens (including phenoxy) is 1. The molecule has 170 valence electrons. The summed E-state index contributed by atoms with van der Waals surface area (Å²) in [6, 6.07) is 0.258. The van der Waals surface area contributed by atoms with Crippen LogP contribution in [-0.4, -0.2) is 88.2 Å². The summed E-state index contributed by atoms with van der Waals surface area (Å²) in [7, 11) is 2.02. The first-order valence-corrected chi connectivity index (χ1v) is 11.3. The van der Waals surface area contributed by atoms with Crippen molar-refractivity contribution in [3.63, 3.8) is 0 Å². The van der Waals surface area contributed by atoms with Gasteiger partial charge in [-0.1, -0.05) is 0 Å². The van der Waals surface area contributed by atoms with Gasteiger partial charge in [-0.05, 0) is 25.7 Å². The largest absolute Gasteiger partial charge is 0.378 e. The number of hydrogen-bond acceptors (Lipinski definition) is 10. The van der Waals surface area contributed by atoms with E-state index in [1.165, 1.54) is 0 Å². The molecule has 2 aliphatic heterocycles. The van der Waals surface area contributed by atoms with Crippen molar-refractivity contribution < 1.29 is 9.53 Å². The van der Waals surface area contributed by atoms with Gasteiger partial charge in [0.15, 0.2) is 5.82 Å². The van der Waals surface area contributed by atoms with Crippen LogP contribution >= 0.6 is 0 Å². The van der Waals surface area contributed by atoms with Gasteiger partial charge in [-0.3, -0.25) is 4.79 Å². The van der Waals surface area contributed by atoms with Gasteiger partial charge in [-0.2, -0.15) is 15.0 Å². The van der Waals surface area contributed by atoms with Gasteiger partial charge < -0.3 is 25.2 Å². The van der Waals surface area contributed by atoms with E-state index in [0.717, 1.165) is 51.9 Å². The van der Waals surface area contributed by atoms with Gasteiger partial charge in [0.2, 0.25) is 23.8 Å². The van der Waals surface area contributed by atoms with Crippen LogP contribution in [0.3, 0.4) is 0 Å². The maximum absolute atomic E-state index is 12.4. The molecule has 0 radical (unpaired) electrons. The Morgan fingerprint density at radius 3 is 2.38 bits per heavy atom. The zero-order chi connectivity index (χ0) is 22.1. The van der Waals surface area contributed by atoms with E-state index in [4.69, 9.17) is 25.4 Å². The molecule has 1 amide bonds. The number of hydrogen-bond donors (Lipinski definition) is 1. The second-order valence-corrected chi connectivity index (χ2v) is 8.63. The third-order valence-electron chi connectivity index (χ3n) is 6.40. The maximum Gasteiger partial charge on any atom is 0.230 e. The first-order chi connectivity index (χ1) is 15.6. The molecule has 11 nitrogen and oxygen atoms in total. The van der Waals surface area contributed by atoms with E-state index in [1.807, 2.05) is 11.9 Å². The molecule has 0 bridgehead atoms. The highest BCUT2D eigenvalue weighted by atomic mass is 16.5. The number of amides is 1. The average molecular weight is 440 g/mol. The van der Waals surface area contributed by atoms with E-state index in [2.05, 4.69) is 19.8 Å². The van der Waals surface area contributed by atoms with Crippen LogP contribution in [0.15, 0.2) is 12.4 Å². The van der Waals surface area contributed by atoms with Gasteiger partial charge in [0.25, 0.3) is 0 Å². The smallest absolute Gasteiger partial charge is 0.230 e. The predicted molar refractivity (Wildman–Crippen MR) is 119 cm³/mol. The van der Waals surface area contributed by atoms with E-state index in [-0.39, 0.29) is 17.9 Å². The highest BCUT2D eigenvalue weighted by Crippen LogP contribution is 2.32. The predicted octanol–water partition coefficient (Wildman–Crippen LogP) is 0.585. The minimum absolute atomic E-state index is 0.209. The lowest BCUT2D eigenvalue weighted by Crippen LogP contribution is -2.46. The fourth-order valence-electron chi connectivity index (χ4n) is 4.22. The van der Waals surface area contributed by atoms with Crippen LogP contribution in [0, 0.1) is 5.92 Å². The van der Waals surface area contributed by atoms with Crippen LogP contribution in [0.4, 0.5) is 17.8 Å². The summed E-state index contributed by atoms with van der Waals surface area (Å²) in [6.45, 7) is 4.31. The Morgan fingerprint density at radius 2 is 1.72 bits per heavy atom. The number of aromatic nitrogens is 5. The third kappa shape index (κ3) is 4.43. The van der Waals surface area contributed by atoms with Crippen LogP contribution in [0.25, 0.3) is 11.4 Å². The summed E-state index contributed by atoms with van der Waals surface area (Å²) in [6.07, 6.45) is 7.15. The first kappa shape index (κ1) is 20.8. The fraction of sp³-hybridized carbons (Fsp3) is 0.619. The average Bonchev–Trinajstić information content (AvgIpc) is 3.70. The quantitative estimate of drug-likeness (QED) is 0.707. The molecular formula is C21H29N9O2. The maximum atomic E-state index is 12.4. The lowest BCUT2D eigenvalue weighted by Gasteiger charge is -2.37. The van der Waals surface area contributed by atoms with Crippen LogP contribution in [-0.2, 0) is 9.53 Å². The lowest BCUT2D eigenvalue weighted by atomic mass is 10.0. The second-order valence-electron chi connectivity index (χ2n) is 8.63. The van der Waals surface area contributed by atoms with Gasteiger partial charge in [0, 0.05) is 57.6 Å². The molecule has 5 rings (SSSR count). The van der Waals surface area contributed by atoms with Crippen molar-refractivity contribution in [3.05, 3.63) is 12.4 Å². The summed E-state index contributed by atoms with van der Waals surface area (Å²) in [5.74, 6) is 2.56. The van der Waals surface area contributed by atoms with Crippen LogP contribution in [0.2, 0.25) is 0 Å². The van der Waals surface area contributed by atoms with Crippen LogP contribution < -0.4 is 15.5 Å². The lowest BCUT2D eigenvalue weighted by molar-refractivity contribution is -0.133. The summed E-state index contributed by atoms with van der Waals surface area (Å²) in [4.78, 5) is 41.0. The number of nitrogen functional groups attached to an aromatic ring is 1. The van der Waals surface area contributed by atoms with Gasteiger partial charge >= 0.3 is 0 Å². The van der Waals surface area contributed by atoms with Crippen molar-refractivity contribution in [2.45, 2.75) is 31.7 Å². The fourth-order valence-corrected chi connectivity index (χ4v) is 4.22. The minimum atomic E-state index is 0.209. The van der Waals surface area contributed by atoms with Crippen molar-refractivity contribution in [3.8, 4) is 11.4 Å². The summed E-state index contributed by atoms with van der Waals surface area (Å²) >= 11 is 0. The number of morpholine rings is 1. The molecule has 1 saturated carbocycles. The number of likely N-dealkylation sites (tertiary alicyclic amines) is 1. The molecule has 0 spiro atoms. The molecule has 1 aliphatic carbocycles. The number of rotatable bonds is 5. The number of anilines is 3. The molecule has 2 aromatic rings. The van der Waals surface area contributed by atoms with E-state index >= 15 is 0 Å². The van der Waals surface area contributed by atoms with Crippen molar-refractivity contribution in [1.82, 2.24) is 29.8 Å². The zero-order valence-electron chi connectivity index (χ0n) is 18.4. The number of carbonyl (C=O) groups excluding carboxylic acids is 1.